The van der Waals surface area contributed by atoms with Gasteiger partial charge < -0.3 is 9.73 Å². The number of imidazole rings is 1. The quantitative estimate of drug-likeness (QED) is 0.527. The molecule has 31 heavy (non-hydrogen) atoms. The highest BCUT2D eigenvalue weighted by Crippen LogP contribution is 2.37. The van der Waals surface area contributed by atoms with Crippen LogP contribution in [0.3, 0.4) is 0 Å². The molecule has 0 saturated heterocycles. The molecule has 5 rings (SSSR count). The second-order valence-electron chi connectivity index (χ2n) is 7.17. The summed E-state index contributed by atoms with van der Waals surface area (Å²) < 4.78 is 33.7. The molecule has 1 aliphatic heterocycles. The van der Waals surface area contributed by atoms with Gasteiger partial charge in [0.2, 0.25) is 11.9 Å². The lowest BCUT2D eigenvalue weighted by molar-refractivity contribution is -0.124. The number of aromatic nitrogens is 2. The number of amides is 2. The lowest BCUT2D eigenvalue weighted by Gasteiger charge is -2.15. The average Bonchev–Trinajstić information content (AvgIpc) is 3.45. The van der Waals surface area contributed by atoms with Crippen LogP contribution in [0.4, 0.5) is 20.4 Å². The molecule has 2 aromatic heterocycles. The Morgan fingerprint density at radius 2 is 1.94 bits per heavy atom. The zero-order chi connectivity index (χ0) is 21.5. The first-order valence-electron chi connectivity index (χ1n) is 9.57. The zero-order valence-corrected chi connectivity index (χ0v) is 16.1. The summed E-state index contributed by atoms with van der Waals surface area (Å²) in [6, 6.07) is 13.1. The van der Waals surface area contributed by atoms with Gasteiger partial charge in [0, 0.05) is 11.8 Å². The molecule has 1 aliphatic rings. The third-order valence-corrected chi connectivity index (χ3v) is 5.16. The van der Waals surface area contributed by atoms with Crippen molar-refractivity contribution in [3.8, 4) is 0 Å². The molecule has 156 valence electrons. The number of hydrogen-bond acceptors (Lipinski definition) is 4. The molecule has 2 amide bonds. The zero-order valence-electron chi connectivity index (χ0n) is 16.1. The molecule has 0 fully saturated rings. The predicted octanol–water partition coefficient (Wildman–Crippen LogP) is 4.02. The van der Waals surface area contributed by atoms with Gasteiger partial charge in [0.1, 0.15) is 11.8 Å². The van der Waals surface area contributed by atoms with E-state index in [4.69, 9.17) is 4.42 Å². The van der Waals surface area contributed by atoms with Gasteiger partial charge in [-0.3, -0.25) is 19.1 Å². The number of benzene rings is 2. The van der Waals surface area contributed by atoms with Crippen LogP contribution in [0.15, 0.2) is 65.3 Å². The normalized spacial score (nSPS) is 15.5. The van der Waals surface area contributed by atoms with E-state index in [9.17, 15) is 18.4 Å². The first-order chi connectivity index (χ1) is 15.0. The molecule has 7 nitrogen and oxygen atoms in total. The molecule has 3 heterocycles. The highest BCUT2D eigenvalue weighted by atomic mass is 19.2. The highest BCUT2D eigenvalue weighted by Gasteiger charge is 2.41. The first-order valence-corrected chi connectivity index (χ1v) is 9.57. The maximum Gasteiger partial charge on any atom is 0.253 e. The van der Waals surface area contributed by atoms with E-state index in [1.54, 1.807) is 16.7 Å². The Morgan fingerprint density at radius 1 is 1.10 bits per heavy atom. The molecule has 0 aliphatic carbocycles. The largest absolute Gasteiger partial charge is 0.467 e. The Balaban J connectivity index is 1.46. The van der Waals surface area contributed by atoms with E-state index in [0.29, 0.717) is 17.2 Å². The van der Waals surface area contributed by atoms with Gasteiger partial charge in [-0.05, 0) is 36.4 Å². The second kappa shape index (κ2) is 7.35. The Morgan fingerprint density at radius 3 is 2.71 bits per heavy atom. The van der Waals surface area contributed by atoms with Crippen molar-refractivity contribution in [2.75, 3.05) is 10.2 Å². The number of fused-ring (bicyclic) bond motifs is 3. The minimum absolute atomic E-state index is 0.109. The maximum atomic E-state index is 13.4. The van der Waals surface area contributed by atoms with Crippen LogP contribution in [0.2, 0.25) is 0 Å². The summed E-state index contributed by atoms with van der Waals surface area (Å²) >= 11 is 0. The van der Waals surface area contributed by atoms with Gasteiger partial charge in [0.05, 0.1) is 30.3 Å². The summed E-state index contributed by atoms with van der Waals surface area (Å²) in [5, 5.41) is 2.52. The number of anilines is 2. The molecule has 0 radical (unpaired) electrons. The molecule has 9 heteroatoms. The van der Waals surface area contributed by atoms with Gasteiger partial charge in [0.25, 0.3) is 5.91 Å². The topological polar surface area (TPSA) is 80.4 Å². The van der Waals surface area contributed by atoms with Crippen molar-refractivity contribution in [3.05, 3.63) is 78.3 Å². The number of rotatable bonds is 5. The van der Waals surface area contributed by atoms with Crippen LogP contribution in [0, 0.1) is 11.6 Å². The SMILES string of the molecule is O=C(C[C@@H]1C(=O)N(Cc2ccco2)c2nc3ccccc3n21)Nc1ccc(F)c(F)c1. The summed E-state index contributed by atoms with van der Waals surface area (Å²) in [5.41, 5.74) is 1.52. The number of furan rings is 1. The van der Waals surface area contributed by atoms with Crippen molar-refractivity contribution in [3.63, 3.8) is 0 Å². The average molecular weight is 422 g/mol. The molecular weight excluding hydrogens is 406 g/mol. The molecule has 2 aromatic carbocycles. The molecule has 1 atom stereocenters. The number of hydrogen-bond donors (Lipinski definition) is 1. The van der Waals surface area contributed by atoms with Gasteiger partial charge in [-0.1, -0.05) is 12.1 Å². The number of carbonyl (C=O) groups excluding carboxylic acids is 2. The Labute approximate surface area is 174 Å². The first kappa shape index (κ1) is 19.0. The lowest BCUT2D eigenvalue weighted by Crippen LogP contribution is -2.31. The van der Waals surface area contributed by atoms with E-state index in [1.165, 1.54) is 17.2 Å². The predicted molar refractivity (Wildman–Crippen MR) is 108 cm³/mol. The fraction of sp³-hybridized carbons (Fsp3) is 0.136. The van der Waals surface area contributed by atoms with Crippen molar-refractivity contribution < 1.29 is 22.8 Å². The van der Waals surface area contributed by atoms with Crippen molar-refractivity contribution in [1.82, 2.24) is 9.55 Å². The highest BCUT2D eigenvalue weighted by molar-refractivity contribution is 6.05. The summed E-state index contributed by atoms with van der Waals surface area (Å²) in [4.78, 5) is 31.9. The van der Waals surface area contributed by atoms with E-state index >= 15 is 0 Å². The molecular formula is C22H16F2N4O3. The third kappa shape index (κ3) is 3.33. The molecule has 0 saturated carbocycles. The van der Waals surface area contributed by atoms with Crippen LogP contribution in [-0.2, 0) is 16.1 Å². The van der Waals surface area contributed by atoms with Crippen molar-refractivity contribution in [1.29, 1.82) is 0 Å². The molecule has 1 N–H and O–H groups in total. The number of nitrogens with one attached hydrogen (secondary N) is 1. The van der Waals surface area contributed by atoms with E-state index in [1.807, 2.05) is 24.3 Å². The summed E-state index contributed by atoms with van der Waals surface area (Å²) in [7, 11) is 0. The minimum Gasteiger partial charge on any atom is -0.467 e. The van der Waals surface area contributed by atoms with Crippen molar-refractivity contribution in [2.24, 2.45) is 0 Å². The van der Waals surface area contributed by atoms with Gasteiger partial charge in [-0.15, -0.1) is 0 Å². The van der Waals surface area contributed by atoms with Crippen LogP contribution in [0.5, 0.6) is 0 Å². The van der Waals surface area contributed by atoms with Crippen LogP contribution in [0.25, 0.3) is 11.0 Å². The monoisotopic (exact) mass is 422 g/mol. The van der Waals surface area contributed by atoms with E-state index in [2.05, 4.69) is 10.3 Å². The number of nitrogens with zero attached hydrogens (tertiary/aromatic N) is 3. The Kier molecular flexibility index (Phi) is 4.50. The third-order valence-electron chi connectivity index (χ3n) is 5.16. The fourth-order valence-corrected chi connectivity index (χ4v) is 3.77. The smallest absolute Gasteiger partial charge is 0.253 e. The molecule has 0 bridgehead atoms. The summed E-state index contributed by atoms with van der Waals surface area (Å²) in [5.74, 6) is -1.88. The van der Waals surface area contributed by atoms with Crippen LogP contribution < -0.4 is 10.2 Å². The Hall–Kier alpha value is -4.01. The van der Waals surface area contributed by atoms with E-state index < -0.39 is 23.6 Å². The molecule has 0 spiro atoms. The maximum absolute atomic E-state index is 13.4. The molecule has 0 unspecified atom stereocenters. The van der Waals surface area contributed by atoms with Crippen LogP contribution >= 0.6 is 0 Å². The number of carbonyl (C=O) groups is 2. The fourth-order valence-electron chi connectivity index (χ4n) is 3.77. The molecule has 4 aromatic rings. The van der Waals surface area contributed by atoms with Gasteiger partial charge in [-0.2, -0.15) is 0 Å². The second-order valence-corrected chi connectivity index (χ2v) is 7.17. The number of halogens is 2. The van der Waals surface area contributed by atoms with Crippen LogP contribution in [-0.4, -0.2) is 21.4 Å². The number of para-hydroxylation sites is 2. The van der Waals surface area contributed by atoms with Crippen LogP contribution in [0.1, 0.15) is 18.2 Å². The standard InChI is InChI=1S/C22H16F2N4O3/c23-15-8-7-13(10-16(15)24)25-20(29)11-19-21(30)27(12-14-4-3-9-31-14)22-26-17-5-1-2-6-18(17)28(19)22/h1-10,19H,11-12H2,(H,25,29)/t19-/m1/s1. The van der Waals surface area contributed by atoms with E-state index in [0.717, 1.165) is 17.6 Å². The van der Waals surface area contributed by atoms with Crippen molar-refractivity contribution >= 4 is 34.5 Å². The minimum atomic E-state index is -1.07. The summed E-state index contributed by atoms with van der Waals surface area (Å²) in [6.45, 7) is 0.177. The lowest BCUT2D eigenvalue weighted by atomic mass is 10.1. The van der Waals surface area contributed by atoms with Gasteiger partial charge >= 0.3 is 0 Å². The van der Waals surface area contributed by atoms with Gasteiger partial charge in [0.15, 0.2) is 11.6 Å². The Bertz CT molecular complexity index is 1300. The van der Waals surface area contributed by atoms with Crippen molar-refractivity contribution in [2.45, 2.75) is 19.0 Å². The van der Waals surface area contributed by atoms with Gasteiger partial charge in [-0.25, -0.2) is 13.8 Å². The van der Waals surface area contributed by atoms with E-state index in [-0.39, 0.29) is 24.6 Å². The summed E-state index contributed by atoms with van der Waals surface area (Å²) in [6.07, 6.45) is 1.32.